The second-order valence-corrected chi connectivity index (χ2v) is 8.68. The average molecular weight is 504 g/mol. The van der Waals surface area contributed by atoms with Crippen molar-refractivity contribution in [2.24, 2.45) is 0 Å². The van der Waals surface area contributed by atoms with Gasteiger partial charge in [-0.05, 0) is 61.0 Å². The molecule has 5 nitrogen and oxygen atoms in total. The predicted octanol–water partition coefficient (Wildman–Crippen LogP) is 6.63. The molecule has 0 saturated carbocycles. The van der Waals surface area contributed by atoms with Crippen molar-refractivity contribution in [2.75, 3.05) is 7.11 Å². The molecule has 0 N–H and O–H groups in total. The number of Topliss-reactive ketones (excluding diaryl/α,β-unsaturated/α-hetero) is 1. The first kappa shape index (κ1) is 21.3. The van der Waals surface area contributed by atoms with Gasteiger partial charge in [-0.2, -0.15) is 0 Å². The number of carbonyl (C=O) groups is 1. The first-order valence-corrected chi connectivity index (χ1v) is 11.5. The molecule has 0 fully saturated rings. The van der Waals surface area contributed by atoms with Gasteiger partial charge in [0, 0.05) is 39.7 Å². The van der Waals surface area contributed by atoms with Crippen LogP contribution >= 0.6 is 15.9 Å². The molecular formula is C27H22BrNO4. The number of rotatable bonds is 6. The number of ketones is 1. The third kappa shape index (κ3) is 4.14. The van der Waals surface area contributed by atoms with Crippen LogP contribution in [0.5, 0.6) is 17.2 Å². The van der Waals surface area contributed by atoms with Crippen LogP contribution in [-0.2, 0) is 13.2 Å². The summed E-state index contributed by atoms with van der Waals surface area (Å²) in [5.41, 5.74) is 3.58. The van der Waals surface area contributed by atoms with Crippen LogP contribution in [0, 0.1) is 0 Å². The van der Waals surface area contributed by atoms with Crippen molar-refractivity contribution in [3.63, 3.8) is 0 Å². The van der Waals surface area contributed by atoms with Gasteiger partial charge < -0.3 is 18.8 Å². The zero-order chi connectivity index (χ0) is 22.9. The Morgan fingerprint density at radius 1 is 1.03 bits per heavy atom. The zero-order valence-corrected chi connectivity index (χ0v) is 19.9. The molecule has 5 rings (SSSR count). The minimum atomic E-state index is -0.134. The second-order valence-electron chi connectivity index (χ2n) is 7.77. The number of benzene rings is 3. The van der Waals surface area contributed by atoms with Crippen LogP contribution < -0.4 is 14.2 Å². The van der Waals surface area contributed by atoms with E-state index >= 15 is 0 Å². The van der Waals surface area contributed by atoms with Crippen molar-refractivity contribution in [1.29, 1.82) is 0 Å². The van der Waals surface area contributed by atoms with E-state index in [-0.39, 0.29) is 5.78 Å². The molecule has 3 aromatic carbocycles. The van der Waals surface area contributed by atoms with Crippen LogP contribution in [-0.4, -0.2) is 17.5 Å². The van der Waals surface area contributed by atoms with E-state index in [2.05, 4.69) is 27.4 Å². The minimum absolute atomic E-state index is 0.134. The van der Waals surface area contributed by atoms with Crippen molar-refractivity contribution in [3.8, 4) is 17.2 Å². The number of aromatic nitrogens is 1. The normalized spacial score (nSPS) is 13.9. The summed E-state index contributed by atoms with van der Waals surface area (Å²) in [5.74, 6) is 2.10. The fourth-order valence-electron chi connectivity index (χ4n) is 3.95. The third-order valence-corrected chi connectivity index (χ3v) is 6.24. The summed E-state index contributed by atoms with van der Waals surface area (Å²) in [6.45, 7) is 3.34. The van der Waals surface area contributed by atoms with Crippen molar-refractivity contribution in [3.05, 3.63) is 93.8 Å². The van der Waals surface area contributed by atoms with Gasteiger partial charge >= 0.3 is 0 Å². The predicted molar refractivity (Wildman–Crippen MR) is 132 cm³/mol. The zero-order valence-electron chi connectivity index (χ0n) is 18.3. The maximum Gasteiger partial charge on any atom is 0.231 e. The first-order valence-electron chi connectivity index (χ1n) is 10.7. The number of aryl methyl sites for hydroxylation is 1. The molecule has 0 atom stereocenters. The maximum absolute atomic E-state index is 13.0. The monoisotopic (exact) mass is 503 g/mol. The highest BCUT2D eigenvalue weighted by Crippen LogP contribution is 2.36. The number of methoxy groups -OCH3 is 1. The highest BCUT2D eigenvalue weighted by Gasteiger charge is 2.28. The summed E-state index contributed by atoms with van der Waals surface area (Å²) in [5, 5.41) is 1.01. The molecule has 166 valence electrons. The molecule has 6 heteroatoms. The highest BCUT2D eigenvalue weighted by molar-refractivity contribution is 9.10. The van der Waals surface area contributed by atoms with E-state index in [1.807, 2.05) is 48.7 Å². The van der Waals surface area contributed by atoms with Crippen molar-refractivity contribution >= 4 is 38.7 Å². The highest BCUT2D eigenvalue weighted by atomic mass is 79.9. The summed E-state index contributed by atoms with van der Waals surface area (Å²) in [6.07, 6.45) is 3.84. The Labute approximate surface area is 200 Å². The van der Waals surface area contributed by atoms with Gasteiger partial charge in [-0.3, -0.25) is 4.79 Å². The smallest absolute Gasteiger partial charge is 0.231 e. The van der Waals surface area contributed by atoms with Crippen molar-refractivity contribution < 1.29 is 19.0 Å². The van der Waals surface area contributed by atoms with Gasteiger partial charge in [0.25, 0.3) is 0 Å². The largest absolute Gasteiger partial charge is 0.497 e. The fraction of sp³-hybridized carbons (Fsp3) is 0.148. The van der Waals surface area contributed by atoms with E-state index in [9.17, 15) is 4.79 Å². The molecule has 0 aliphatic carbocycles. The lowest BCUT2D eigenvalue weighted by molar-refractivity contribution is 0.101. The summed E-state index contributed by atoms with van der Waals surface area (Å²) < 4.78 is 20.4. The number of fused-ring (bicyclic) bond motifs is 2. The van der Waals surface area contributed by atoms with Gasteiger partial charge in [-0.15, -0.1) is 0 Å². The molecule has 0 unspecified atom stereocenters. The summed E-state index contributed by atoms with van der Waals surface area (Å²) >= 11 is 3.43. The van der Waals surface area contributed by atoms with Crippen molar-refractivity contribution in [1.82, 2.24) is 4.57 Å². The lowest BCUT2D eigenvalue weighted by Crippen LogP contribution is -1.98. The fourth-order valence-corrected chi connectivity index (χ4v) is 4.22. The first-order chi connectivity index (χ1) is 16.1. The second kappa shape index (κ2) is 8.79. The van der Waals surface area contributed by atoms with Crippen LogP contribution in [0.1, 0.15) is 28.4 Å². The molecule has 0 amide bonds. The van der Waals surface area contributed by atoms with Crippen LogP contribution in [0.2, 0.25) is 0 Å². The number of hydrogen-bond donors (Lipinski definition) is 0. The Balaban J connectivity index is 1.41. The Morgan fingerprint density at radius 3 is 2.58 bits per heavy atom. The Bertz CT molecular complexity index is 1390. The van der Waals surface area contributed by atoms with E-state index < -0.39 is 0 Å². The number of carbonyl (C=O) groups excluding carboxylic acids is 1. The van der Waals surface area contributed by atoms with Gasteiger partial charge in [0.2, 0.25) is 5.78 Å². The van der Waals surface area contributed by atoms with Crippen molar-refractivity contribution in [2.45, 2.75) is 20.1 Å². The summed E-state index contributed by atoms with van der Waals surface area (Å²) in [6, 6.07) is 19.2. The molecular weight excluding hydrogens is 482 g/mol. The molecule has 0 radical (unpaired) electrons. The van der Waals surface area contributed by atoms with Gasteiger partial charge in [0.15, 0.2) is 5.76 Å². The number of nitrogens with zero attached hydrogens (tertiary/aromatic N) is 1. The van der Waals surface area contributed by atoms with Gasteiger partial charge in [0.1, 0.15) is 23.9 Å². The van der Waals surface area contributed by atoms with E-state index in [1.165, 1.54) is 0 Å². The standard InChI is InChI=1S/C27H22BrNO4/c1-3-29-15-18(23-13-20(31-2)9-11-24(23)29)12-26-27(30)22-10-8-21(14-25(22)33-26)32-16-17-4-6-19(28)7-5-17/h4-15H,3,16H2,1-2H3/b26-12-. The number of halogens is 1. The van der Waals surface area contributed by atoms with Crippen LogP contribution in [0.4, 0.5) is 0 Å². The number of ether oxygens (including phenoxy) is 3. The summed E-state index contributed by atoms with van der Waals surface area (Å²) in [7, 11) is 1.65. The molecule has 1 aromatic heterocycles. The number of allylic oxidation sites excluding steroid dienone is 1. The van der Waals surface area contributed by atoms with Crippen LogP contribution in [0.25, 0.3) is 17.0 Å². The summed E-state index contributed by atoms with van der Waals surface area (Å²) in [4.78, 5) is 13.0. The average Bonchev–Trinajstić information content (AvgIpc) is 3.35. The molecule has 0 saturated heterocycles. The van der Waals surface area contributed by atoms with E-state index in [4.69, 9.17) is 14.2 Å². The van der Waals surface area contributed by atoms with Gasteiger partial charge in [-0.1, -0.05) is 28.1 Å². The Morgan fingerprint density at radius 2 is 1.82 bits per heavy atom. The third-order valence-electron chi connectivity index (χ3n) is 5.71. The molecule has 0 bridgehead atoms. The maximum atomic E-state index is 13.0. The molecule has 33 heavy (non-hydrogen) atoms. The topological polar surface area (TPSA) is 49.7 Å². The molecule has 4 aromatic rings. The van der Waals surface area contributed by atoms with E-state index in [0.717, 1.165) is 38.8 Å². The van der Waals surface area contributed by atoms with E-state index in [0.29, 0.717) is 29.4 Å². The lowest BCUT2D eigenvalue weighted by atomic mass is 10.1. The molecule has 2 heterocycles. The van der Waals surface area contributed by atoms with E-state index in [1.54, 1.807) is 31.4 Å². The number of hydrogen-bond acceptors (Lipinski definition) is 4. The Hall–Kier alpha value is -3.51. The quantitative estimate of drug-likeness (QED) is 0.277. The lowest BCUT2D eigenvalue weighted by Gasteiger charge is -2.07. The Kier molecular flexibility index (Phi) is 5.68. The molecule has 1 aliphatic rings. The van der Waals surface area contributed by atoms with Gasteiger partial charge in [-0.25, -0.2) is 0 Å². The van der Waals surface area contributed by atoms with Crippen LogP contribution in [0.3, 0.4) is 0 Å². The van der Waals surface area contributed by atoms with Gasteiger partial charge in [0.05, 0.1) is 12.7 Å². The van der Waals surface area contributed by atoms with Crippen LogP contribution in [0.15, 0.2) is 77.1 Å². The molecule has 1 aliphatic heterocycles. The molecule has 0 spiro atoms. The minimum Gasteiger partial charge on any atom is -0.497 e. The SMILES string of the molecule is CCn1cc(/C=C2\Oc3cc(OCc4ccc(Br)cc4)ccc3C2=O)c2cc(OC)ccc21.